The van der Waals surface area contributed by atoms with Crippen LogP contribution in [-0.4, -0.2) is 39.7 Å². The third kappa shape index (κ3) is 3.16. The second-order valence-corrected chi connectivity index (χ2v) is 6.57. The van der Waals surface area contributed by atoms with Crippen molar-refractivity contribution in [3.05, 3.63) is 30.5 Å². The molecule has 0 unspecified atom stereocenters. The average molecular weight is 313 g/mol. The number of hydrogen-bond acceptors (Lipinski definition) is 5. The van der Waals surface area contributed by atoms with E-state index in [2.05, 4.69) is 30.6 Å². The maximum Gasteiger partial charge on any atom is 0.228 e. The van der Waals surface area contributed by atoms with Crippen LogP contribution in [0.5, 0.6) is 5.88 Å². The molecule has 0 aromatic carbocycles. The number of aromatic nitrogens is 4. The number of anilines is 1. The van der Waals surface area contributed by atoms with E-state index in [1.165, 1.54) is 25.1 Å². The molecular formula is C17H23N5O. The van der Waals surface area contributed by atoms with E-state index in [1.54, 1.807) is 19.4 Å². The lowest BCUT2D eigenvalue weighted by atomic mass is 9.97. The quantitative estimate of drug-likeness (QED) is 0.849. The normalized spacial score (nSPS) is 21.4. The fourth-order valence-corrected chi connectivity index (χ4v) is 3.38. The van der Waals surface area contributed by atoms with Crippen molar-refractivity contribution < 1.29 is 4.74 Å². The molecule has 1 saturated carbocycles. The zero-order valence-electron chi connectivity index (χ0n) is 13.6. The Morgan fingerprint density at radius 2 is 2.13 bits per heavy atom. The molecule has 1 atom stereocenters. The summed E-state index contributed by atoms with van der Waals surface area (Å²) in [7, 11) is 1.64. The summed E-state index contributed by atoms with van der Waals surface area (Å²) in [5.41, 5.74) is 0. The second kappa shape index (κ2) is 6.18. The molecule has 0 radical (unpaired) electrons. The molecule has 2 aromatic rings. The van der Waals surface area contributed by atoms with Crippen LogP contribution >= 0.6 is 0 Å². The van der Waals surface area contributed by atoms with Crippen molar-refractivity contribution in [3.63, 3.8) is 0 Å². The second-order valence-electron chi connectivity index (χ2n) is 6.57. The molecule has 122 valence electrons. The molecule has 3 heterocycles. The van der Waals surface area contributed by atoms with Gasteiger partial charge in [0.2, 0.25) is 11.8 Å². The van der Waals surface area contributed by atoms with Crippen LogP contribution in [0.1, 0.15) is 37.4 Å². The van der Waals surface area contributed by atoms with Crippen LogP contribution in [0.15, 0.2) is 24.7 Å². The van der Waals surface area contributed by atoms with Gasteiger partial charge in [0.05, 0.1) is 7.11 Å². The highest BCUT2D eigenvalue weighted by molar-refractivity contribution is 5.33. The maximum atomic E-state index is 5.22. The largest absolute Gasteiger partial charge is 0.481 e. The topological polar surface area (TPSA) is 56.1 Å². The van der Waals surface area contributed by atoms with E-state index < -0.39 is 0 Å². The molecule has 1 aliphatic heterocycles. The number of nitrogens with zero attached hydrogens (tertiary/aromatic N) is 5. The van der Waals surface area contributed by atoms with E-state index in [4.69, 9.17) is 4.74 Å². The Bertz CT molecular complexity index is 667. The van der Waals surface area contributed by atoms with Crippen LogP contribution in [0.4, 0.5) is 5.95 Å². The number of piperidine rings is 1. The fourth-order valence-electron chi connectivity index (χ4n) is 3.38. The molecule has 1 aliphatic carbocycles. The fraction of sp³-hybridized carbons (Fsp3) is 0.588. The van der Waals surface area contributed by atoms with Gasteiger partial charge in [0.15, 0.2) is 0 Å². The predicted octanol–water partition coefficient (Wildman–Crippen LogP) is 2.48. The minimum atomic E-state index is 0.451. The third-order valence-corrected chi connectivity index (χ3v) is 4.80. The molecule has 4 rings (SSSR count). The Hall–Kier alpha value is -2.11. The molecule has 6 heteroatoms. The molecule has 2 aromatic heterocycles. The lowest BCUT2D eigenvalue weighted by molar-refractivity contribution is 0.395. The van der Waals surface area contributed by atoms with Crippen molar-refractivity contribution in [3.8, 4) is 5.88 Å². The van der Waals surface area contributed by atoms with Crippen LogP contribution in [0.3, 0.4) is 0 Å². The van der Waals surface area contributed by atoms with E-state index in [1.807, 2.05) is 6.20 Å². The standard InChI is InChI=1S/C17H23N5O/c1-23-15-6-7-19-17(20-15)22-9-2-3-14(12-22)16-18-8-10-21(16)11-13-4-5-13/h6-8,10,13-14H,2-5,9,11-12H2,1H3/t14-/m0/s1. The first-order valence-electron chi connectivity index (χ1n) is 8.46. The van der Waals surface area contributed by atoms with E-state index >= 15 is 0 Å². The zero-order chi connectivity index (χ0) is 15.6. The number of imidazole rings is 1. The summed E-state index contributed by atoms with van der Waals surface area (Å²) in [6.45, 7) is 3.04. The lowest BCUT2D eigenvalue weighted by Gasteiger charge is -2.32. The van der Waals surface area contributed by atoms with Crippen LogP contribution < -0.4 is 9.64 Å². The summed E-state index contributed by atoms with van der Waals surface area (Å²) >= 11 is 0. The summed E-state index contributed by atoms with van der Waals surface area (Å²) in [6.07, 6.45) is 10.9. The predicted molar refractivity (Wildman–Crippen MR) is 87.7 cm³/mol. The van der Waals surface area contributed by atoms with Crippen molar-refractivity contribution in [2.75, 3.05) is 25.1 Å². The SMILES string of the molecule is COc1ccnc(N2CCC[C@H](c3nccn3CC3CC3)C2)n1. The Balaban J connectivity index is 1.51. The van der Waals surface area contributed by atoms with Crippen LogP contribution in [-0.2, 0) is 6.54 Å². The van der Waals surface area contributed by atoms with E-state index in [-0.39, 0.29) is 0 Å². The van der Waals surface area contributed by atoms with E-state index in [0.717, 1.165) is 37.9 Å². The highest BCUT2D eigenvalue weighted by Crippen LogP contribution is 2.33. The first kappa shape index (κ1) is 14.5. The van der Waals surface area contributed by atoms with Crippen molar-refractivity contribution in [1.29, 1.82) is 0 Å². The summed E-state index contributed by atoms with van der Waals surface area (Å²) in [5.74, 6) is 3.92. The smallest absolute Gasteiger partial charge is 0.228 e. The van der Waals surface area contributed by atoms with Crippen molar-refractivity contribution >= 4 is 5.95 Å². The summed E-state index contributed by atoms with van der Waals surface area (Å²) < 4.78 is 7.58. The minimum Gasteiger partial charge on any atom is -0.481 e. The minimum absolute atomic E-state index is 0.451. The third-order valence-electron chi connectivity index (χ3n) is 4.80. The van der Waals surface area contributed by atoms with Crippen LogP contribution in [0.25, 0.3) is 0 Å². The molecule has 0 bridgehead atoms. The van der Waals surface area contributed by atoms with Gasteiger partial charge in [-0.05, 0) is 31.6 Å². The maximum absolute atomic E-state index is 5.22. The van der Waals surface area contributed by atoms with E-state index in [0.29, 0.717) is 11.8 Å². The molecule has 0 spiro atoms. The first-order chi connectivity index (χ1) is 11.3. The molecule has 23 heavy (non-hydrogen) atoms. The molecule has 0 amide bonds. The van der Waals surface area contributed by atoms with Gasteiger partial charge in [0.25, 0.3) is 0 Å². The van der Waals surface area contributed by atoms with Gasteiger partial charge >= 0.3 is 0 Å². The monoisotopic (exact) mass is 313 g/mol. The van der Waals surface area contributed by atoms with Gasteiger partial charge in [-0.25, -0.2) is 9.97 Å². The average Bonchev–Trinajstić information content (AvgIpc) is 3.30. The number of methoxy groups -OCH3 is 1. The van der Waals surface area contributed by atoms with Gasteiger partial charge in [-0.2, -0.15) is 4.98 Å². The molecule has 2 aliphatic rings. The van der Waals surface area contributed by atoms with Gasteiger partial charge in [-0.3, -0.25) is 0 Å². The summed E-state index contributed by atoms with van der Waals surface area (Å²) in [5, 5.41) is 0. The van der Waals surface area contributed by atoms with Crippen LogP contribution in [0, 0.1) is 5.92 Å². The number of ether oxygens (including phenoxy) is 1. The molecule has 1 saturated heterocycles. The van der Waals surface area contributed by atoms with Crippen molar-refractivity contribution in [2.24, 2.45) is 5.92 Å². The van der Waals surface area contributed by atoms with Gasteiger partial charge < -0.3 is 14.2 Å². The van der Waals surface area contributed by atoms with Crippen molar-refractivity contribution in [1.82, 2.24) is 19.5 Å². The molecule has 6 nitrogen and oxygen atoms in total. The Morgan fingerprint density at radius 1 is 1.22 bits per heavy atom. The van der Waals surface area contributed by atoms with Gasteiger partial charge in [-0.15, -0.1) is 0 Å². The van der Waals surface area contributed by atoms with E-state index in [9.17, 15) is 0 Å². The zero-order valence-corrected chi connectivity index (χ0v) is 13.6. The van der Waals surface area contributed by atoms with Crippen molar-refractivity contribution in [2.45, 2.75) is 38.1 Å². The molecular weight excluding hydrogens is 290 g/mol. The number of rotatable bonds is 5. The van der Waals surface area contributed by atoms with Crippen LogP contribution in [0.2, 0.25) is 0 Å². The van der Waals surface area contributed by atoms with Gasteiger partial charge in [0.1, 0.15) is 5.82 Å². The Kier molecular flexibility index (Phi) is 3.89. The first-order valence-corrected chi connectivity index (χ1v) is 8.46. The number of hydrogen-bond donors (Lipinski definition) is 0. The molecule has 2 fully saturated rings. The summed E-state index contributed by atoms with van der Waals surface area (Å²) in [4.78, 5) is 15.8. The molecule has 0 N–H and O–H groups in total. The lowest BCUT2D eigenvalue weighted by Crippen LogP contribution is -2.36. The Morgan fingerprint density at radius 3 is 2.96 bits per heavy atom. The highest BCUT2D eigenvalue weighted by Gasteiger charge is 2.28. The highest BCUT2D eigenvalue weighted by atomic mass is 16.5. The Labute approximate surface area is 136 Å². The summed E-state index contributed by atoms with van der Waals surface area (Å²) in [6, 6.07) is 1.78. The van der Waals surface area contributed by atoms with Gasteiger partial charge in [0, 0.05) is 50.2 Å². The van der Waals surface area contributed by atoms with Gasteiger partial charge in [-0.1, -0.05) is 0 Å².